The second-order valence-electron chi connectivity index (χ2n) is 8.19. The SMILES string of the molecule is COCC(C)Oc1cnccc1-c1cn(C)c(=O)c2cc(CN3CCNC[C@H]3C)oc12. The number of nitrogens with one attached hydrogen (secondary N) is 1. The molecule has 0 amide bonds. The molecule has 0 radical (unpaired) electrons. The van der Waals surface area contributed by atoms with Gasteiger partial charge >= 0.3 is 0 Å². The van der Waals surface area contributed by atoms with Crippen LogP contribution in [-0.2, 0) is 18.3 Å². The maximum absolute atomic E-state index is 12.8. The van der Waals surface area contributed by atoms with Gasteiger partial charge in [-0.2, -0.15) is 0 Å². The van der Waals surface area contributed by atoms with Gasteiger partial charge in [0.2, 0.25) is 0 Å². The van der Waals surface area contributed by atoms with Crippen LogP contribution in [0.4, 0.5) is 0 Å². The average molecular weight is 427 g/mol. The molecule has 8 heteroatoms. The maximum atomic E-state index is 12.8. The van der Waals surface area contributed by atoms with Crippen molar-refractivity contribution in [2.75, 3.05) is 33.4 Å². The van der Waals surface area contributed by atoms with E-state index in [1.54, 1.807) is 37.3 Å². The highest BCUT2D eigenvalue weighted by molar-refractivity contribution is 5.93. The fraction of sp³-hybridized carbons (Fsp3) is 0.478. The quantitative estimate of drug-likeness (QED) is 0.621. The molecule has 4 heterocycles. The van der Waals surface area contributed by atoms with Crippen LogP contribution < -0.4 is 15.6 Å². The van der Waals surface area contributed by atoms with E-state index in [1.165, 1.54) is 0 Å². The van der Waals surface area contributed by atoms with E-state index in [2.05, 4.69) is 22.1 Å². The first-order valence-electron chi connectivity index (χ1n) is 10.6. The van der Waals surface area contributed by atoms with Crippen molar-refractivity contribution < 1.29 is 13.9 Å². The number of hydrogen-bond acceptors (Lipinski definition) is 7. The van der Waals surface area contributed by atoms with Crippen molar-refractivity contribution in [3.05, 3.63) is 46.8 Å². The summed E-state index contributed by atoms with van der Waals surface area (Å²) in [4.78, 5) is 19.4. The molecule has 0 spiro atoms. The van der Waals surface area contributed by atoms with Crippen molar-refractivity contribution in [3.8, 4) is 16.9 Å². The first-order chi connectivity index (χ1) is 15.0. The van der Waals surface area contributed by atoms with Crippen LogP contribution in [0.25, 0.3) is 22.1 Å². The first-order valence-corrected chi connectivity index (χ1v) is 10.6. The van der Waals surface area contributed by atoms with E-state index >= 15 is 0 Å². The fourth-order valence-electron chi connectivity index (χ4n) is 4.07. The van der Waals surface area contributed by atoms with E-state index in [4.69, 9.17) is 13.9 Å². The van der Waals surface area contributed by atoms with Gasteiger partial charge in [0, 0.05) is 63.4 Å². The molecule has 1 aliphatic rings. The Balaban J connectivity index is 1.76. The lowest BCUT2D eigenvalue weighted by molar-refractivity contribution is 0.0922. The number of piperazine rings is 1. The summed E-state index contributed by atoms with van der Waals surface area (Å²) in [5.41, 5.74) is 2.14. The van der Waals surface area contributed by atoms with Crippen LogP contribution in [0.2, 0.25) is 0 Å². The second-order valence-corrected chi connectivity index (χ2v) is 8.19. The molecule has 2 atom stereocenters. The lowest BCUT2D eigenvalue weighted by Gasteiger charge is -2.33. The molecule has 1 saturated heterocycles. The molecular weight excluding hydrogens is 396 g/mol. The van der Waals surface area contributed by atoms with Gasteiger partial charge in [0.1, 0.15) is 23.2 Å². The third-order valence-corrected chi connectivity index (χ3v) is 5.70. The van der Waals surface area contributed by atoms with Crippen molar-refractivity contribution in [2.24, 2.45) is 7.05 Å². The third kappa shape index (κ3) is 4.51. The molecule has 1 aliphatic heterocycles. The van der Waals surface area contributed by atoms with Crippen LogP contribution >= 0.6 is 0 Å². The number of methoxy groups -OCH3 is 1. The number of rotatable bonds is 7. The molecule has 8 nitrogen and oxygen atoms in total. The lowest BCUT2D eigenvalue weighted by Crippen LogP contribution is -2.49. The van der Waals surface area contributed by atoms with Gasteiger partial charge in [-0.3, -0.25) is 14.7 Å². The molecule has 0 saturated carbocycles. The number of hydrogen-bond donors (Lipinski definition) is 1. The minimum absolute atomic E-state index is 0.0774. The van der Waals surface area contributed by atoms with Gasteiger partial charge in [-0.15, -0.1) is 0 Å². The van der Waals surface area contributed by atoms with E-state index < -0.39 is 0 Å². The molecule has 1 N–H and O–H groups in total. The van der Waals surface area contributed by atoms with Crippen molar-refractivity contribution >= 4 is 11.0 Å². The first kappa shape index (κ1) is 21.5. The smallest absolute Gasteiger partial charge is 0.261 e. The Morgan fingerprint density at radius 3 is 3.00 bits per heavy atom. The Labute approximate surface area is 181 Å². The largest absolute Gasteiger partial charge is 0.486 e. The normalized spacial score (nSPS) is 18.4. The Hall–Kier alpha value is -2.68. The molecule has 166 valence electrons. The maximum Gasteiger partial charge on any atom is 0.261 e. The minimum atomic E-state index is -0.141. The number of fused-ring (bicyclic) bond motifs is 1. The van der Waals surface area contributed by atoms with E-state index in [0.717, 1.165) is 36.5 Å². The highest BCUT2D eigenvalue weighted by Gasteiger charge is 2.22. The Morgan fingerprint density at radius 2 is 2.23 bits per heavy atom. The third-order valence-electron chi connectivity index (χ3n) is 5.70. The zero-order chi connectivity index (χ0) is 22.0. The average Bonchev–Trinajstić information content (AvgIpc) is 3.17. The molecule has 0 aliphatic carbocycles. The molecule has 3 aromatic heterocycles. The van der Waals surface area contributed by atoms with Gasteiger partial charge in [0.05, 0.1) is 24.7 Å². The monoisotopic (exact) mass is 426 g/mol. The van der Waals surface area contributed by atoms with Gasteiger partial charge in [0.15, 0.2) is 0 Å². The molecule has 31 heavy (non-hydrogen) atoms. The fourth-order valence-corrected chi connectivity index (χ4v) is 4.07. The van der Waals surface area contributed by atoms with Gasteiger partial charge < -0.3 is 23.8 Å². The van der Waals surface area contributed by atoms with Gasteiger partial charge in [-0.05, 0) is 26.0 Å². The molecular formula is C23H30N4O4. The van der Waals surface area contributed by atoms with Gasteiger partial charge in [-0.25, -0.2) is 0 Å². The van der Waals surface area contributed by atoms with E-state index in [-0.39, 0.29) is 11.7 Å². The van der Waals surface area contributed by atoms with E-state index in [0.29, 0.717) is 35.9 Å². The Kier molecular flexibility index (Phi) is 6.41. The van der Waals surface area contributed by atoms with Crippen molar-refractivity contribution in [1.29, 1.82) is 0 Å². The summed E-state index contributed by atoms with van der Waals surface area (Å²) < 4.78 is 19.1. The highest BCUT2D eigenvalue weighted by atomic mass is 16.5. The lowest BCUT2D eigenvalue weighted by atomic mass is 10.1. The Morgan fingerprint density at radius 1 is 1.39 bits per heavy atom. The molecule has 1 fully saturated rings. The van der Waals surface area contributed by atoms with Gasteiger partial charge in [-0.1, -0.05) is 0 Å². The molecule has 1 unspecified atom stereocenters. The van der Waals surface area contributed by atoms with Crippen molar-refractivity contribution in [2.45, 2.75) is 32.5 Å². The number of ether oxygens (including phenoxy) is 2. The number of pyridine rings is 2. The topological polar surface area (TPSA) is 81.8 Å². The summed E-state index contributed by atoms with van der Waals surface area (Å²) in [5, 5.41) is 3.97. The van der Waals surface area contributed by atoms with Crippen LogP contribution in [0.1, 0.15) is 19.6 Å². The summed E-state index contributed by atoms with van der Waals surface area (Å²) >= 11 is 0. The van der Waals surface area contributed by atoms with Crippen molar-refractivity contribution in [1.82, 2.24) is 19.8 Å². The number of nitrogens with zero attached hydrogens (tertiary/aromatic N) is 3. The van der Waals surface area contributed by atoms with Crippen LogP contribution in [-0.4, -0.2) is 59.9 Å². The van der Waals surface area contributed by atoms with E-state index in [9.17, 15) is 4.79 Å². The van der Waals surface area contributed by atoms with Crippen molar-refractivity contribution in [3.63, 3.8) is 0 Å². The van der Waals surface area contributed by atoms with E-state index in [1.807, 2.05) is 19.1 Å². The summed E-state index contributed by atoms with van der Waals surface area (Å²) in [5.74, 6) is 1.42. The minimum Gasteiger partial charge on any atom is -0.486 e. The number of aromatic nitrogens is 2. The number of aryl methyl sites for hydroxylation is 1. The highest BCUT2D eigenvalue weighted by Crippen LogP contribution is 2.35. The summed E-state index contributed by atoms with van der Waals surface area (Å²) in [6, 6.07) is 4.17. The van der Waals surface area contributed by atoms with Crippen LogP contribution in [0.15, 0.2) is 39.9 Å². The zero-order valence-electron chi connectivity index (χ0n) is 18.6. The molecule has 0 bridgehead atoms. The Bertz CT molecular complexity index is 1110. The van der Waals surface area contributed by atoms with Crippen LogP contribution in [0.3, 0.4) is 0 Å². The van der Waals surface area contributed by atoms with Crippen LogP contribution in [0.5, 0.6) is 5.75 Å². The van der Waals surface area contributed by atoms with Crippen LogP contribution in [0, 0.1) is 0 Å². The predicted molar refractivity (Wildman–Crippen MR) is 119 cm³/mol. The standard InChI is InChI=1S/C23H30N4O4/c1-15-10-25-7-8-27(15)12-17-9-19-22(31-17)20(13-26(3)23(19)28)18-5-6-24-11-21(18)30-16(2)14-29-4/h5-6,9,11,13,15-16,25H,7-8,10,12,14H2,1-4H3/t15-,16?/m1/s1. The summed E-state index contributed by atoms with van der Waals surface area (Å²) in [7, 11) is 3.40. The second kappa shape index (κ2) is 9.21. The zero-order valence-corrected chi connectivity index (χ0v) is 18.6. The predicted octanol–water partition coefficient (Wildman–Crippen LogP) is 2.40. The molecule has 3 aromatic rings. The summed E-state index contributed by atoms with van der Waals surface area (Å²) in [6.45, 7) is 8.12. The molecule has 4 rings (SSSR count). The van der Waals surface area contributed by atoms with Gasteiger partial charge in [0.25, 0.3) is 5.56 Å². The summed E-state index contributed by atoms with van der Waals surface area (Å²) in [6.07, 6.45) is 5.06. The molecule has 0 aromatic carbocycles. The number of furan rings is 1.